The Kier molecular flexibility index (Phi) is 4.07. The van der Waals surface area contributed by atoms with Crippen molar-refractivity contribution in [1.82, 2.24) is 0 Å². The molecule has 8 heteroatoms. The van der Waals surface area contributed by atoms with Gasteiger partial charge in [-0.1, -0.05) is 0 Å². The largest absolute Gasteiger partial charge is 0.398 e. The fraction of sp³-hybridized carbons (Fsp3) is 0.333. The second-order valence-electron chi connectivity index (χ2n) is 3.23. The molecule has 2 nitrogen and oxygen atoms in total. The lowest BCUT2D eigenvalue weighted by Crippen LogP contribution is -2.33. The fourth-order valence-electron chi connectivity index (χ4n) is 1.02. The summed E-state index contributed by atoms with van der Waals surface area (Å²) in [7, 11) is -2.49. The first kappa shape index (κ1) is 13.9. The maximum Gasteiger partial charge on any atom is 0.319 e. The van der Waals surface area contributed by atoms with Crippen LogP contribution in [0, 0.1) is 5.82 Å². The molecule has 1 aromatic carbocycles. The van der Waals surface area contributed by atoms with E-state index in [1.54, 1.807) is 0 Å². The van der Waals surface area contributed by atoms with E-state index in [9.17, 15) is 26.2 Å². The predicted molar refractivity (Wildman–Crippen MR) is 53.0 cm³/mol. The molecule has 17 heavy (non-hydrogen) atoms. The minimum absolute atomic E-state index is 0.185. The van der Waals surface area contributed by atoms with Crippen LogP contribution in [0.5, 0.6) is 0 Å². The van der Waals surface area contributed by atoms with Gasteiger partial charge in [0, 0.05) is 5.69 Å². The van der Waals surface area contributed by atoms with Crippen molar-refractivity contribution in [3.63, 3.8) is 0 Å². The Morgan fingerprint density at radius 1 is 1.35 bits per heavy atom. The Morgan fingerprint density at radius 3 is 2.47 bits per heavy atom. The van der Waals surface area contributed by atoms with E-state index >= 15 is 0 Å². The lowest BCUT2D eigenvalue weighted by atomic mass is 10.3. The fourth-order valence-corrected chi connectivity index (χ4v) is 2.23. The molecule has 1 rings (SSSR count). The molecule has 0 aliphatic rings. The maximum atomic E-state index is 12.8. The Morgan fingerprint density at radius 2 is 1.94 bits per heavy atom. The third-order valence-corrected chi connectivity index (χ3v) is 3.35. The highest BCUT2D eigenvalue weighted by Crippen LogP contribution is 2.27. The zero-order valence-corrected chi connectivity index (χ0v) is 9.12. The van der Waals surface area contributed by atoms with E-state index in [1.807, 2.05) is 0 Å². The van der Waals surface area contributed by atoms with Gasteiger partial charge in [-0.25, -0.2) is 13.2 Å². The van der Waals surface area contributed by atoms with Gasteiger partial charge in [0.2, 0.25) is 0 Å². The van der Waals surface area contributed by atoms with Gasteiger partial charge >= 0.3 is 12.3 Å². The number of hydrogen-bond donors (Lipinski definition) is 1. The maximum absolute atomic E-state index is 12.8. The van der Waals surface area contributed by atoms with Gasteiger partial charge in [-0.15, -0.1) is 0 Å². The van der Waals surface area contributed by atoms with Gasteiger partial charge in [-0.3, -0.25) is 4.21 Å². The van der Waals surface area contributed by atoms with Crippen LogP contribution in [-0.2, 0) is 10.8 Å². The quantitative estimate of drug-likeness (QED) is 0.676. The topological polar surface area (TPSA) is 43.1 Å². The van der Waals surface area contributed by atoms with E-state index in [4.69, 9.17) is 5.73 Å². The first-order chi connectivity index (χ1) is 7.74. The number of hydrogen-bond acceptors (Lipinski definition) is 2. The summed E-state index contributed by atoms with van der Waals surface area (Å²) in [6, 6.07) is 2.66. The van der Waals surface area contributed by atoms with Crippen LogP contribution in [-0.4, -0.2) is 22.3 Å². The van der Waals surface area contributed by atoms with Gasteiger partial charge in [0.25, 0.3) is 0 Å². The first-order valence-electron chi connectivity index (χ1n) is 4.33. The molecule has 0 aliphatic heterocycles. The van der Waals surface area contributed by atoms with E-state index in [2.05, 4.69) is 0 Å². The second kappa shape index (κ2) is 4.99. The molecule has 0 spiro atoms. The summed E-state index contributed by atoms with van der Waals surface area (Å²) in [4.78, 5) is -0.412. The van der Waals surface area contributed by atoms with Crippen LogP contribution in [0.15, 0.2) is 23.1 Å². The summed E-state index contributed by atoms with van der Waals surface area (Å²) < 4.78 is 73.2. The normalized spacial score (nSPS) is 14.0. The SMILES string of the molecule is Nc1ccc(F)cc1S(=O)CC(F)(F)C(F)F. The molecule has 1 unspecified atom stereocenters. The van der Waals surface area contributed by atoms with Gasteiger partial charge in [0.15, 0.2) is 0 Å². The smallest absolute Gasteiger partial charge is 0.319 e. The van der Waals surface area contributed by atoms with E-state index in [1.165, 1.54) is 0 Å². The Hall–Kier alpha value is -1.18. The lowest BCUT2D eigenvalue weighted by molar-refractivity contribution is -0.110. The highest BCUT2D eigenvalue weighted by atomic mass is 32.2. The summed E-state index contributed by atoms with van der Waals surface area (Å²) in [5.74, 6) is -6.83. The van der Waals surface area contributed by atoms with Crippen LogP contribution >= 0.6 is 0 Å². The number of halogens is 5. The first-order valence-corrected chi connectivity index (χ1v) is 5.65. The molecule has 0 aliphatic carbocycles. The van der Waals surface area contributed by atoms with E-state index in [0.717, 1.165) is 12.1 Å². The monoisotopic (exact) mass is 273 g/mol. The third-order valence-electron chi connectivity index (χ3n) is 1.86. The molecule has 1 aromatic rings. The number of nitrogen functional groups attached to an aromatic ring is 1. The summed E-state index contributed by atoms with van der Waals surface area (Å²) in [5.41, 5.74) is 5.11. The van der Waals surface area contributed by atoms with Crippen LogP contribution in [0.2, 0.25) is 0 Å². The molecule has 0 saturated carbocycles. The summed E-state index contributed by atoms with van der Waals surface area (Å²) in [6.07, 6.45) is -3.93. The van der Waals surface area contributed by atoms with Crippen LogP contribution in [0.4, 0.5) is 27.6 Å². The predicted octanol–water partition coefficient (Wildman–Crippen LogP) is 2.42. The minimum atomic E-state index is -4.40. The minimum Gasteiger partial charge on any atom is -0.398 e. The van der Waals surface area contributed by atoms with Gasteiger partial charge in [0.05, 0.1) is 21.4 Å². The van der Waals surface area contributed by atoms with Crippen molar-refractivity contribution in [2.75, 3.05) is 11.5 Å². The molecular weight excluding hydrogens is 265 g/mol. The van der Waals surface area contributed by atoms with E-state index in [0.29, 0.717) is 6.07 Å². The Labute approximate surface area is 96.1 Å². The molecule has 0 aromatic heterocycles. The van der Waals surface area contributed by atoms with Crippen molar-refractivity contribution in [3.8, 4) is 0 Å². The van der Waals surface area contributed by atoms with Crippen LogP contribution in [0.25, 0.3) is 0 Å². The van der Waals surface area contributed by atoms with Gasteiger partial charge in [-0.05, 0) is 18.2 Å². The zero-order valence-electron chi connectivity index (χ0n) is 8.30. The molecule has 2 N–H and O–H groups in total. The van der Waals surface area contributed by atoms with Gasteiger partial charge < -0.3 is 5.73 Å². The van der Waals surface area contributed by atoms with Crippen LogP contribution in [0.3, 0.4) is 0 Å². The summed E-state index contributed by atoms with van der Waals surface area (Å²) in [5, 5.41) is 0. The standard InChI is InChI=1S/C9H8F5NOS/c10-5-1-2-6(15)7(3-5)17(16)4-9(13,14)8(11)12/h1-3,8H,4,15H2. The molecule has 0 bridgehead atoms. The van der Waals surface area contributed by atoms with Crippen LogP contribution in [0.1, 0.15) is 0 Å². The Bertz CT molecular complexity index is 437. The van der Waals surface area contributed by atoms with Gasteiger partial charge in [0.1, 0.15) is 5.82 Å². The number of nitrogens with two attached hydrogens (primary N) is 1. The summed E-state index contributed by atoms with van der Waals surface area (Å²) in [6.45, 7) is 0. The van der Waals surface area contributed by atoms with Gasteiger partial charge in [-0.2, -0.15) is 8.78 Å². The molecule has 0 amide bonds. The second-order valence-corrected chi connectivity index (χ2v) is 4.65. The molecule has 0 heterocycles. The van der Waals surface area contributed by atoms with Crippen molar-refractivity contribution in [2.45, 2.75) is 17.2 Å². The van der Waals surface area contributed by atoms with Crippen molar-refractivity contribution in [2.24, 2.45) is 0 Å². The zero-order chi connectivity index (χ0) is 13.2. The van der Waals surface area contributed by atoms with Crippen molar-refractivity contribution in [1.29, 1.82) is 0 Å². The highest BCUT2D eigenvalue weighted by molar-refractivity contribution is 7.85. The molecule has 1 atom stereocenters. The van der Waals surface area contributed by atoms with E-state index in [-0.39, 0.29) is 5.69 Å². The number of alkyl halides is 4. The number of benzene rings is 1. The molecule has 0 saturated heterocycles. The molecular formula is C9H8F5NOS. The molecule has 96 valence electrons. The average Bonchev–Trinajstić information content (AvgIpc) is 2.20. The van der Waals surface area contributed by atoms with E-state index < -0.39 is 39.6 Å². The number of rotatable bonds is 4. The van der Waals surface area contributed by atoms with Crippen molar-refractivity contribution >= 4 is 16.5 Å². The van der Waals surface area contributed by atoms with Crippen molar-refractivity contribution in [3.05, 3.63) is 24.0 Å². The number of anilines is 1. The Balaban J connectivity index is 2.94. The van der Waals surface area contributed by atoms with Crippen molar-refractivity contribution < 1.29 is 26.2 Å². The third kappa shape index (κ3) is 3.39. The molecule has 0 fully saturated rings. The highest BCUT2D eigenvalue weighted by Gasteiger charge is 2.42. The molecule has 0 radical (unpaired) electrons. The lowest BCUT2D eigenvalue weighted by Gasteiger charge is -2.15. The summed E-state index contributed by atoms with van der Waals surface area (Å²) >= 11 is 0. The van der Waals surface area contributed by atoms with Crippen LogP contribution < -0.4 is 5.73 Å². The average molecular weight is 273 g/mol.